The molecule has 0 aliphatic heterocycles. The van der Waals surface area contributed by atoms with E-state index in [2.05, 4.69) is 27.7 Å². The Bertz CT molecular complexity index is 335. The molecule has 0 aromatic rings. The average Bonchev–Trinajstić information content (AvgIpc) is 2.89. The van der Waals surface area contributed by atoms with E-state index >= 15 is 0 Å². The number of hydrogen-bond acceptors (Lipinski definition) is 0. The minimum Gasteiger partial charge on any atom is -0.0654 e. The second-order valence-electron chi connectivity index (χ2n) is 12.3. The fourth-order valence-corrected chi connectivity index (χ4v) is 10.4. The molecule has 0 heterocycles. The third kappa shape index (κ3) is 24.7. The van der Waals surface area contributed by atoms with E-state index in [-0.39, 0.29) is 0 Å². The van der Waals surface area contributed by atoms with Crippen molar-refractivity contribution in [2.45, 2.75) is 201 Å². The molecule has 0 nitrogen and oxygen atoms in total. The highest BCUT2D eigenvalue weighted by molar-refractivity contribution is 7.75. The second kappa shape index (κ2) is 30.0. The lowest BCUT2D eigenvalue weighted by atomic mass is 10.1. The van der Waals surface area contributed by atoms with Crippen molar-refractivity contribution in [1.29, 1.82) is 0 Å². The quantitative estimate of drug-likeness (QED) is 0.0623. The smallest absolute Gasteiger partial charge is 0.0594 e. The molecular weight excluding hydrogens is 451 g/mol. The van der Waals surface area contributed by atoms with Gasteiger partial charge in [0.2, 0.25) is 0 Å². The molecule has 0 aliphatic carbocycles. The fraction of sp³-hybridized carbons (Fsp3) is 1.00. The molecule has 0 amide bonds. The summed E-state index contributed by atoms with van der Waals surface area (Å²) in [5.41, 5.74) is 0. The predicted octanol–water partition coefficient (Wildman–Crippen LogP) is 13.6. The van der Waals surface area contributed by atoms with Crippen molar-refractivity contribution >= 4 is 7.26 Å². The van der Waals surface area contributed by atoms with Gasteiger partial charge in [-0.2, -0.15) is 0 Å². The summed E-state index contributed by atoms with van der Waals surface area (Å²) in [6.45, 7) is 9.55. The van der Waals surface area contributed by atoms with Gasteiger partial charge in [-0.25, -0.2) is 0 Å². The fourth-order valence-electron chi connectivity index (χ4n) is 6.08. The van der Waals surface area contributed by atoms with E-state index in [0.717, 1.165) is 0 Å². The van der Waals surface area contributed by atoms with Crippen LogP contribution in [0.15, 0.2) is 0 Å². The Morgan fingerprint density at radius 2 is 0.444 bits per heavy atom. The van der Waals surface area contributed by atoms with Crippen molar-refractivity contribution < 1.29 is 0 Å². The van der Waals surface area contributed by atoms with Crippen LogP contribution in [0.25, 0.3) is 0 Å². The van der Waals surface area contributed by atoms with Gasteiger partial charge in [-0.05, 0) is 45.4 Å². The molecule has 0 rings (SSSR count). The standard InChI is InChI=1S/C35H74P/c1-5-9-12-15-18-21-24-27-30-33-36(8-4,34-31-28-25-22-19-16-13-10-6-2)35-32-29-26-23-20-17-14-11-7-3/h5-35H2,1-4H3/q+1. The minimum atomic E-state index is -0.688. The summed E-state index contributed by atoms with van der Waals surface area (Å²) in [6.07, 6.45) is 46.4. The van der Waals surface area contributed by atoms with Crippen LogP contribution in [0.3, 0.4) is 0 Å². The van der Waals surface area contributed by atoms with Crippen molar-refractivity contribution in [3.05, 3.63) is 0 Å². The van der Waals surface area contributed by atoms with Crippen molar-refractivity contribution in [1.82, 2.24) is 0 Å². The molecule has 218 valence electrons. The molecule has 0 bridgehead atoms. The largest absolute Gasteiger partial charge is 0.0654 e. The third-order valence-corrected chi connectivity index (χ3v) is 14.0. The van der Waals surface area contributed by atoms with Crippen LogP contribution >= 0.6 is 7.26 Å². The van der Waals surface area contributed by atoms with E-state index in [1.165, 1.54) is 160 Å². The van der Waals surface area contributed by atoms with Crippen LogP contribution < -0.4 is 0 Å². The SMILES string of the molecule is CCCCCCCCCCC[P+](CC)(CCCCCCCCCCC)CCCCCCCCCCC. The molecule has 1 heteroatoms. The van der Waals surface area contributed by atoms with Gasteiger partial charge in [0.15, 0.2) is 0 Å². The molecule has 0 saturated carbocycles. The van der Waals surface area contributed by atoms with Crippen LogP contribution in [0.5, 0.6) is 0 Å². The first-order chi connectivity index (χ1) is 17.7. The van der Waals surface area contributed by atoms with Gasteiger partial charge >= 0.3 is 0 Å². The third-order valence-electron chi connectivity index (χ3n) is 8.88. The Hall–Kier alpha value is 0.430. The van der Waals surface area contributed by atoms with E-state index in [0.29, 0.717) is 0 Å². The highest BCUT2D eigenvalue weighted by atomic mass is 31.2. The zero-order valence-electron chi connectivity index (χ0n) is 26.4. The van der Waals surface area contributed by atoms with E-state index in [1.807, 2.05) is 0 Å². The Kier molecular flexibility index (Phi) is 30.3. The summed E-state index contributed by atoms with van der Waals surface area (Å²) in [7, 11) is -0.688. The van der Waals surface area contributed by atoms with E-state index in [4.69, 9.17) is 0 Å². The lowest BCUT2D eigenvalue weighted by Crippen LogP contribution is -2.11. The average molecular weight is 526 g/mol. The normalized spacial score (nSPS) is 12.0. The van der Waals surface area contributed by atoms with Gasteiger partial charge in [-0.3, -0.25) is 0 Å². The molecule has 0 radical (unpaired) electrons. The molecule has 0 atom stereocenters. The highest BCUT2D eigenvalue weighted by Gasteiger charge is 2.33. The Morgan fingerprint density at radius 1 is 0.250 bits per heavy atom. The van der Waals surface area contributed by atoms with Crippen LogP contribution in [0.2, 0.25) is 0 Å². The van der Waals surface area contributed by atoms with Gasteiger partial charge in [0.25, 0.3) is 0 Å². The van der Waals surface area contributed by atoms with Crippen molar-refractivity contribution in [2.24, 2.45) is 0 Å². The predicted molar refractivity (Wildman–Crippen MR) is 174 cm³/mol. The van der Waals surface area contributed by atoms with Crippen LogP contribution in [0.4, 0.5) is 0 Å². The van der Waals surface area contributed by atoms with Gasteiger partial charge in [-0.1, -0.05) is 156 Å². The number of hydrogen-bond donors (Lipinski definition) is 0. The highest BCUT2D eigenvalue weighted by Crippen LogP contribution is 2.60. The second-order valence-corrected chi connectivity index (χ2v) is 17.0. The van der Waals surface area contributed by atoms with Crippen LogP contribution in [-0.2, 0) is 0 Å². The summed E-state index contributed by atoms with van der Waals surface area (Å²) in [5, 5.41) is 0. The zero-order chi connectivity index (χ0) is 26.4. The molecule has 0 aromatic carbocycles. The van der Waals surface area contributed by atoms with Crippen LogP contribution in [0, 0.1) is 0 Å². The van der Waals surface area contributed by atoms with Gasteiger partial charge in [-0.15, -0.1) is 0 Å². The molecule has 0 saturated heterocycles. The minimum absolute atomic E-state index is 0.688. The maximum atomic E-state index is 2.57. The summed E-state index contributed by atoms with van der Waals surface area (Å²) < 4.78 is 0. The zero-order valence-corrected chi connectivity index (χ0v) is 27.3. The maximum absolute atomic E-state index is 2.57. The van der Waals surface area contributed by atoms with Crippen molar-refractivity contribution in [2.75, 3.05) is 24.6 Å². The number of unbranched alkanes of at least 4 members (excludes halogenated alkanes) is 24. The molecule has 0 fully saturated rings. The van der Waals surface area contributed by atoms with Gasteiger partial charge in [0.1, 0.15) is 0 Å². The summed E-state index contributed by atoms with van der Waals surface area (Å²) in [4.78, 5) is 0. The van der Waals surface area contributed by atoms with Crippen LogP contribution in [-0.4, -0.2) is 24.6 Å². The molecule has 0 aliphatic rings. The summed E-state index contributed by atoms with van der Waals surface area (Å²) in [6, 6.07) is 0. The summed E-state index contributed by atoms with van der Waals surface area (Å²) >= 11 is 0. The van der Waals surface area contributed by atoms with Gasteiger partial charge < -0.3 is 0 Å². The van der Waals surface area contributed by atoms with Crippen molar-refractivity contribution in [3.63, 3.8) is 0 Å². The van der Waals surface area contributed by atoms with Crippen molar-refractivity contribution in [3.8, 4) is 0 Å². The lowest BCUT2D eigenvalue weighted by molar-refractivity contribution is 0.568. The Labute approximate surface area is 232 Å². The van der Waals surface area contributed by atoms with E-state index < -0.39 is 7.26 Å². The molecule has 0 unspecified atom stereocenters. The first-order valence-electron chi connectivity index (χ1n) is 17.6. The number of rotatable bonds is 31. The first-order valence-corrected chi connectivity index (χ1v) is 20.1. The summed E-state index contributed by atoms with van der Waals surface area (Å²) in [5.74, 6) is 0. The molecule has 0 spiro atoms. The van der Waals surface area contributed by atoms with E-state index in [9.17, 15) is 0 Å². The van der Waals surface area contributed by atoms with Gasteiger partial charge in [0.05, 0.1) is 24.6 Å². The Balaban J connectivity index is 4.22. The molecule has 36 heavy (non-hydrogen) atoms. The molecule has 0 aromatic heterocycles. The van der Waals surface area contributed by atoms with Gasteiger partial charge in [0, 0.05) is 7.26 Å². The molecule has 0 N–H and O–H groups in total. The first kappa shape index (κ1) is 36.4. The maximum Gasteiger partial charge on any atom is 0.0594 e. The lowest BCUT2D eigenvalue weighted by Gasteiger charge is -2.27. The monoisotopic (exact) mass is 526 g/mol. The van der Waals surface area contributed by atoms with E-state index in [1.54, 1.807) is 37.7 Å². The Morgan fingerprint density at radius 3 is 0.639 bits per heavy atom. The molecular formula is C35H74P+. The van der Waals surface area contributed by atoms with Crippen LogP contribution in [0.1, 0.15) is 201 Å². The topological polar surface area (TPSA) is 0 Å².